The van der Waals surface area contributed by atoms with Crippen LogP contribution in [-0.2, 0) is 6.61 Å². The van der Waals surface area contributed by atoms with Gasteiger partial charge in [-0.05, 0) is 48.0 Å². The third kappa shape index (κ3) is 4.75. The van der Waals surface area contributed by atoms with Crippen LogP contribution in [0.15, 0.2) is 72.8 Å². The first-order valence-corrected chi connectivity index (χ1v) is 8.40. The van der Waals surface area contributed by atoms with E-state index in [1.54, 1.807) is 42.5 Å². The van der Waals surface area contributed by atoms with Crippen molar-refractivity contribution in [2.75, 3.05) is 5.32 Å². The lowest BCUT2D eigenvalue weighted by molar-refractivity contribution is 0.102. The topological polar surface area (TPSA) is 38.3 Å². The summed E-state index contributed by atoms with van der Waals surface area (Å²) in [6.45, 7) is 0.375. The second-order valence-electron chi connectivity index (χ2n) is 5.38. The van der Waals surface area contributed by atoms with E-state index in [2.05, 4.69) is 5.32 Å². The van der Waals surface area contributed by atoms with Gasteiger partial charge in [-0.25, -0.2) is 0 Å². The first kappa shape index (κ1) is 17.3. The molecular weight excluding hydrogens is 357 g/mol. The highest BCUT2D eigenvalue weighted by molar-refractivity contribution is 6.32. The van der Waals surface area contributed by atoms with Gasteiger partial charge in [0.1, 0.15) is 12.4 Å². The summed E-state index contributed by atoms with van der Waals surface area (Å²) in [6.07, 6.45) is 0. The molecule has 0 saturated carbocycles. The van der Waals surface area contributed by atoms with Crippen LogP contribution in [0, 0.1) is 0 Å². The molecule has 3 aromatic carbocycles. The molecule has 0 aromatic heterocycles. The predicted octanol–water partition coefficient (Wildman–Crippen LogP) is 5.82. The average molecular weight is 372 g/mol. The molecule has 0 unspecified atom stereocenters. The number of carbonyl (C=O) groups excluding carboxylic acids is 1. The largest absolute Gasteiger partial charge is 0.487 e. The number of carbonyl (C=O) groups is 1. The van der Waals surface area contributed by atoms with Crippen LogP contribution in [0.5, 0.6) is 5.75 Å². The number of hydrogen-bond acceptors (Lipinski definition) is 2. The lowest BCUT2D eigenvalue weighted by atomic mass is 10.1. The van der Waals surface area contributed by atoms with Crippen molar-refractivity contribution in [2.24, 2.45) is 0 Å². The molecule has 3 nitrogen and oxygen atoms in total. The number of anilines is 1. The number of benzene rings is 3. The maximum Gasteiger partial charge on any atom is 0.255 e. The summed E-state index contributed by atoms with van der Waals surface area (Å²) < 4.78 is 5.68. The highest BCUT2D eigenvalue weighted by atomic mass is 35.5. The Morgan fingerprint density at radius 3 is 2.40 bits per heavy atom. The fraction of sp³-hybridized carbons (Fsp3) is 0.0500. The van der Waals surface area contributed by atoms with E-state index in [0.29, 0.717) is 33.7 Å². The summed E-state index contributed by atoms with van der Waals surface area (Å²) >= 11 is 12.0. The predicted molar refractivity (Wildman–Crippen MR) is 102 cm³/mol. The van der Waals surface area contributed by atoms with Gasteiger partial charge in [0.05, 0.1) is 5.02 Å². The SMILES string of the molecule is O=C(Nc1cccc(Cl)c1)c1ccc(COc2ccccc2Cl)cc1. The van der Waals surface area contributed by atoms with Crippen LogP contribution in [0.3, 0.4) is 0 Å². The molecule has 0 heterocycles. The Morgan fingerprint density at radius 1 is 0.920 bits per heavy atom. The minimum absolute atomic E-state index is 0.194. The highest BCUT2D eigenvalue weighted by Crippen LogP contribution is 2.24. The van der Waals surface area contributed by atoms with E-state index in [9.17, 15) is 4.79 Å². The fourth-order valence-electron chi connectivity index (χ4n) is 2.24. The van der Waals surface area contributed by atoms with Gasteiger partial charge in [-0.2, -0.15) is 0 Å². The minimum atomic E-state index is -0.194. The van der Waals surface area contributed by atoms with E-state index in [-0.39, 0.29) is 5.91 Å². The van der Waals surface area contributed by atoms with Crippen molar-refractivity contribution in [1.82, 2.24) is 0 Å². The van der Waals surface area contributed by atoms with Crippen LogP contribution in [0.2, 0.25) is 10.0 Å². The van der Waals surface area contributed by atoms with Crippen LogP contribution in [0.1, 0.15) is 15.9 Å². The number of amides is 1. The molecule has 25 heavy (non-hydrogen) atoms. The quantitative estimate of drug-likeness (QED) is 0.612. The van der Waals surface area contributed by atoms with Gasteiger partial charge in [0.25, 0.3) is 5.91 Å². The third-order valence-corrected chi connectivity index (χ3v) is 4.08. The zero-order valence-electron chi connectivity index (χ0n) is 13.2. The maximum atomic E-state index is 12.3. The number of rotatable bonds is 5. The monoisotopic (exact) mass is 371 g/mol. The molecule has 0 aliphatic rings. The van der Waals surface area contributed by atoms with E-state index in [1.165, 1.54) is 0 Å². The van der Waals surface area contributed by atoms with Crippen molar-refractivity contribution in [3.63, 3.8) is 0 Å². The Kier molecular flexibility index (Phi) is 5.59. The molecule has 0 saturated heterocycles. The number of halogens is 2. The lowest BCUT2D eigenvalue weighted by Gasteiger charge is -2.09. The summed E-state index contributed by atoms with van der Waals surface area (Å²) in [5.74, 6) is 0.438. The molecule has 3 rings (SSSR count). The van der Waals surface area contributed by atoms with Gasteiger partial charge in [0, 0.05) is 16.3 Å². The van der Waals surface area contributed by atoms with Crippen LogP contribution in [0.4, 0.5) is 5.69 Å². The summed E-state index contributed by atoms with van der Waals surface area (Å²) in [4.78, 5) is 12.3. The second kappa shape index (κ2) is 8.06. The molecule has 126 valence electrons. The van der Waals surface area contributed by atoms with Gasteiger partial charge in [0.2, 0.25) is 0 Å². The standard InChI is InChI=1S/C20H15Cl2NO2/c21-16-4-3-5-17(12-16)23-20(24)15-10-8-14(9-11-15)13-25-19-7-2-1-6-18(19)22/h1-12H,13H2,(H,23,24). The van der Waals surface area contributed by atoms with Crippen molar-refractivity contribution in [3.8, 4) is 5.75 Å². The van der Waals surface area contributed by atoms with Crippen molar-refractivity contribution in [2.45, 2.75) is 6.61 Å². The van der Waals surface area contributed by atoms with Crippen molar-refractivity contribution < 1.29 is 9.53 Å². The first-order chi connectivity index (χ1) is 12.1. The first-order valence-electron chi connectivity index (χ1n) is 7.65. The maximum absolute atomic E-state index is 12.3. The average Bonchev–Trinajstić information content (AvgIpc) is 2.61. The van der Waals surface area contributed by atoms with Gasteiger partial charge in [0.15, 0.2) is 0 Å². The lowest BCUT2D eigenvalue weighted by Crippen LogP contribution is -2.11. The van der Waals surface area contributed by atoms with Crippen LogP contribution in [0.25, 0.3) is 0 Å². The Bertz CT molecular complexity index is 879. The second-order valence-corrected chi connectivity index (χ2v) is 6.22. The van der Waals surface area contributed by atoms with Crippen LogP contribution in [-0.4, -0.2) is 5.91 Å². The number of nitrogens with one attached hydrogen (secondary N) is 1. The van der Waals surface area contributed by atoms with E-state index in [4.69, 9.17) is 27.9 Å². The summed E-state index contributed by atoms with van der Waals surface area (Å²) in [6, 6.07) is 21.5. The molecule has 0 radical (unpaired) electrons. The number of ether oxygens (including phenoxy) is 1. The van der Waals surface area contributed by atoms with Gasteiger partial charge in [-0.15, -0.1) is 0 Å². The van der Waals surface area contributed by atoms with Gasteiger partial charge in [-0.3, -0.25) is 4.79 Å². The smallest absolute Gasteiger partial charge is 0.255 e. The highest BCUT2D eigenvalue weighted by Gasteiger charge is 2.07. The Hall–Kier alpha value is -2.49. The summed E-state index contributed by atoms with van der Waals surface area (Å²) in [7, 11) is 0. The molecule has 5 heteroatoms. The van der Waals surface area contributed by atoms with Crippen molar-refractivity contribution >= 4 is 34.8 Å². The van der Waals surface area contributed by atoms with E-state index in [1.807, 2.05) is 30.3 Å². The molecule has 0 aliphatic heterocycles. The van der Waals surface area contributed by atoms with E-state index in [0.717, 1.165) is 5.56 Å². The van der Waals surface area contributed by atoms with Crippen molar-refractivity contribution in [1.29, 1.82) is 0 Å². The molecule has 1 amide bonds. The molecule has 0 spiro atoms. The van der Waals surface area contributed by atoms with E-state index >= 15 is 0 Å². The Morgan fingerprint density at radius 2 is 1.68 bits per heavy atom. The zero-order chi connectivity index (χ0) is 17.6. The van der Waals surface area contributed by atoms with E-state index < -0.39 is 0 Å². The molecule has 1 N–H and O–H groups in total. The van der Waals surface area contributed by atoms with Crippen molar-refractivity contribution in [3.05, 3.63) is 94.0 Å². The zero-order valence-corrected chi connectivity index (χ0v) is 14.7. The Balaban J connectivity index is 1.61. The summed E-state index contributed by atoms with van der Waals surface area (Å²) in [5.41, 5.74) is 2.16. The molecule has 3 aromatic rings. The summed E-state index contributed by atoms with van der Waals surface area (Å²) in [5, 5.41) is 3.96. The van der Waals surface area contributed by atoms with Gasteiger partial charge in [-0.1, -0.05) is 53.5 Å². The molecular formula is C20H15Cl2NO2. The number of hydrogen-bond donors (Lipinski definition) is 1. The molecule has 0 fully saturated rings. The Labute approximate surface area is 156 Å². The molecule has 0 aliphatic carbocycles. The molecule has 0 atom stereocenters. The minimum Gasteiger partial charge on any atom is -0.487 e. The normalized spacial score (nSPS) is 10.3. The fourth-order valence-corrected chi connectivity index (χ4v) is 2.63. The van der Waals surface area contributed by atoms with Gasteiger partial charge < -0.3 is 10.1 Å². The molecule has 0 bridgehead atoms. The third-order valence-electron chi connectivity index (χ3n) is 3.53. The van der Waals surface area contributed by atoms with Crippen LogP contribution < -0.4 is 10.1 Å². The van der Waals surface area contributed by atoms with Crippen LogP contribution >= 0.6 is 23.2 Å². The van der Waals surface area contributed by atoms with Gasteiger partial charge >= 0.3 is 0 Å². The number of para-hydroxylation sites is 1.